The number of rotatable bonds is 4. The van der Waals surface area contributed by atoms with E-state index >= 15 is 0 Å². The maximum Gasteiger partial charge on any atom is 0.336 e. The van der Waals surface area contributed by atoms with Crippen molar-refractivity contribution in [3.63, 3.8) is 0 Å². The largest absolute Gasteiger partial charge is 0.478 e. The molecule has 0 saturated heterocycles. The zero-order valence-electron chi connectivity index (χ0n) is 9.56. The summed E-state index contributed by atoms with van der Waals surface area (Å²) in [6, 6.07) is 1.84. The van der Waals surface area contributed by atoms with E-state index in [0.29, 0.717) is 12.1 Å². The number of aliphatic hydroxyl groups excluding tert-OH is 1. The first-order valence-corrected chi connectivity index (χ1v) is 6.77. The minimum Gasteiger partial charge on any atom is -0.478 e. The van der Waals surface area contributed by atoms with Crippen LogP contribution < -0.4 is 5.32 Å². The molecule has 0 amide bonds. The summed E-state index contributed by atoms with van der Waals surface area (Å²) in [5.74, 6) is -0.884. The summed E-state index contributed by atoms with van der Waals surface area (Å²) in [5.41, 5.74) is 0.344. The van der Waals surface area contributed by atoms with Crippen LogP contribution in [0.5, 0.6) is 0 Å². The van der Waals surface area contributed by atoms with Crippen LogP contribution in [0.4, 0.5) is 0 Å². The van der Waals surface area contributed by atoms with Crippen molar-refractivity contribution in [2.24, 2.45) is 0 Å². The van der Waals surface area contributed by atoms with Crippen LogP contribution >= 0.6 is 11.3 Å². The van der Waals surface area contributed by atoms with Crippen molar-refractivity contribution in [2.45, 2.75) is 44.4 Å². The molecule has 1 aliphatic rings. The summed E-state index contributed by atoms with van der Waals surface area (Å²) in [6.45, 7) is 0.639. The van der Waals surface area contributed by atoms with Crippen LogP contribution in [-0.2, 0) is 6.54 Å². The van der Waals surface area contributed by atoms with Gasteiger partial charge in [-0.25, -0.2) is 4.79 Å². The molecule has 1 heterocycles. The van der Waals surface area contributed by atoms with E-state index in [1.54, 1.807) is 11.4 Å². The molecule has 5 heteroatoms. The third-order valence-corrected chi connectivity index (χ3v) is 4.11. The van der Waals surface area contributed by atoms with Crippen LogP contribution in [0.1, 0.15) is 40.9 Å². The number of thiophene rings is 1. The quantitative estimate of drug-likeness (QED) is 0.768. The van der Waals surface area contributed by atoms with Gasteiger partial charge in [0, 0.05) is 22.8 Å². The summed E-state index contributed by atoms with van der Waals surface area (Å²) in [4.78, 5) is 11.7. The first-order chi connectivity index (χ1) is 8.16. The summed E-state index contributed by atoms with van der Waals surface area (Å²) >= 11 is 1.44. The van der Waals surface area contributed by atoms with E-state index in [0.717, 1.165) is 30.6 Å². The minimum absolute atomic E-state index is 0.152. The van der Waals surface area contributed by atoms with Gasteiger partial charge in [-0.2, -0.15) is 0 Å². The van der Waals surface area contributed by atoms with Crippen LogP contribution in [0.15, 0.2) is 11.4 Å². The molecule has 2 unspecified atom stereocenters. The molecule has 17 heavy (non-hydrogen) atoms. The number of aromatic carboxylic acids is 1. The lowest BCUT2D eigenvalue weighted by molar-refractivity contribution is 0.0697. The monoisotopic (exact) mass is 255 g/mol. The second kappa shape index (κ2) is 5.62. The van der Waals surface area contributed by atoms with Crippen LogP contribution in [0, 0.1) is 0 Å². The Balaban J connectivity index is 1.86. The van der Waals surface area contributed by atoms with Gasteiger partial charge in [-0.3, -0.25) is 0 Å². The smallest absolute Gasteiger partial charge is 0.336 e. The molecule has 94 valence electrons. The normalized spacial score (nSPS) is 24.8. The third-order valence-electron chi connectivity index (χ3n) is 3.17. The highest BCUT2D eigenvalue weighted by Crippen LogP contribution is 2.20. The first-order valence-electron chi connectivity index (χ1n) is 5.89. The fraction of sp³-hybridized carbons (Fsp3) is 0.583. The predicted octanol–water partition coefficient (Wildman–Crippen LogP) is 1.84. The zero-order chi connectivity index (χ0) is 12.3. The lowest BCUT2D eigenvalue weighted by Gasteiger charge is -2.28. The minimum atomic E-state index is -0.884. The molecular weight excluding hydrogens is 238 g/mol. The Bertz CT molecular complexity index is 391. The van der Waals surface area contributed by atoms with Crippen molar-refractivity contribution in [3.8, 4) is 0 Å². The number of hydrogen-bond donors (Lipinski definition) is 3. The fourth-order valence-corrected chi connectivity index (χ4v) is 2.98. The van der Waals surface area contributed by atoms with Gasteiger partial charge in [0.1, 0.15) is 0 Å². The molecule has 1 aliphatic carbocycles. The van der Waals surface area contributed by atoms with Crippen LogP contribution in [-0.4, -0.2) is 28.3 Å². The molecule has 1 aromatic heterocycles. The van der Waals surface area contributed by atoms with Gasteiger partial charge in [-0.05, 0) is 18.9 Å². The molecule has 1 aromatic rings. The van der Waals surface area contributed by atoms with Crippen LogP contribution in [0.2, 0.25) is 0 Å². The molecule has 4 nitrogen and oxygen atoms in total. The molecule has 0 aromatic carbocycles. The Morgan fingerprint density at radius 1 is 1.47 bits per heavy atom. The molecule has 1 fully saturated rings. The van der Waals surface area contributed by atoms with Gasteiger partial charge in [0.2, 0.25) is 0 Å². The maximum absolute atomic E-state index is 10.7. The number of hydrogen-bond acceptors (Lipinski definition) is 4. The molecule has 0 bridgehead atoms. The van der Waals surface area contributed by atoms with Gasteiger partial charge in [0.25, 0.3) is 0 Å². The van der Waals surface area contributed by atoms with Crippen molar-refractivity contribution in [3.05, 3.63) is 21.9 Å². The lowest BCUT2D eigenvalue weighted by atomic mass is 9.92. The Morgan fingerprint density at radius 3 is 2.88 bits per heavy atom. The average molecular weight is 255 g/mol. The number of carboxylic acid groups (broad SMARTS) is 1. The van der Waals surface area contributed by atoms with Gasteiger partial charge in [0.05, 0.1) is 11.7 Å². The van der Waals surface area contributed by atoms with E-state index in [1.807, 2.05) is 0 Å². The van der Waals surface area contributed by atoms with Crippen LogP contribution in [0.3, 0.4) is 0 Å². The summed E-state index contributed by atoms with van der Waals surface area (Å²) in [5, 5.41) is 23.5. The van der Waals surface area contributed by atoms with E-state index in [1.165, 1.54) is 11.3 Å². The summed E-state index contributed by atoms with van der Waals surface area (Å²) < 4.78 is 0. The van der Waals surface area contributed by atoms with Crippen molar-refractivity contribution < 1.29 is 15.0 Å². The van der Waals surface area contributed by atoms with Gasteiger partial charge < -0.3 is 15.5 Å². The van der Waals surface area contributed by atoms with Gasteiger partial charge >= 0.3 is 5.97 Å². The number of carbonyl (C=O) groups is 1. The fourth-order valence-electron chi connectivity index (χ4n) is 2.17. The number of aliphatic hydroxyl groups is 1. The van der Waals surface area contributed by atoms with Gasteiger partial charge in [-0.1, -0.05) is 12.8 Å². The Kier molecular flexibility index (Phi) is 4.15. The predicted molar refractivity (Wildman–Crippen MR) is 66.4 cm³/mol. The highest BCUT2D eigenvalue weighted by Gasteiger charge is 2.22. The topological polar surface area (TPSA) is 69.6 Å². The van der Waals surface area contributed by atoms with Gasteiger partial charge in [0.15, 0.2) is 0 Å². The number of nitrogens with one attached hydrogen (secondary N) is 1. The van der Waals surface area contributed by atoms with Crippen LogP contribution in [0.25, 0.3) is 0 Å². The molecule has 2 rings (SSSR count). The van der Waals surface area contributed by atoms with Crippen molar-refractivity contribution >= 4 is 17.3 Å². The third kappa shape index (κ3) is 3.28. The zero-order valence-corrected chi connectivity index (χ0v) is 10.4. The highest BCUT2D eigenvalue weighted by atomic mass is 32.1. The Labute approximate surface area is 104 Å². The van der Waals surface area contributed by atoms with Crippen molar-refractivity contribution in [1.82, 2.24) is 5.32 Å². The molecule has 0 spiro atoms. The lowest BCUT2D eigenvalue weighted by Crippen LogP contribution is -2.41. The molecule has 0 radical (unpaired) electrons. The standard InChI is InChI=1S/C12H17NO3S/c14-11-4-2-1-3-10(11)13-6-9-5-8(7-17-9)12(15)16/h5,7,10-11,13-14H,1-4,6H2,(H,15,16). The molecule has 1 saturated carbocycles. The molecule has 3 N–H and O–H groups in total. The molecular formula is C12H17NO3S. The maximum atomic E-state index is 10.7. The summed E-state index contributed by atoms with van der Waals surface area (Å²) in [7, 11) is 0. The number of carboxylic acids is 1. The Hall–Kier alpha value is -0.910. The van der Waals surface area contributed by atoms with Crippen molar-refractivity contribution in [1.29, 1.82) is 0 Å². The van der Waals surface area contributed by atoms with E-state index in [4.69, 9.17) is 5.11 Å². The van der Waals surface area contributed by atoms with E-state index < -0.39 is 5.97 Å². The van der Waals surface area contributed by atoms with E-state index in [2.05, 4.69) is 5.32 Å². The summed E-state index contributed by atoms with van der Waals surface area (Å²) in [6.07, 6.45) is 3.85. The second-order valence-corrected chi connectivity index (χ2v) is 5.44. The average Bonchev–Trinajstić information content (AvgIpc) is 2.77. The second-order valence-electron chi connectivity index (χ2n) is 4.45. The van der Waals surface area contributed by atoms with E-state index in [9.17, 15) is 9.90 Å². The molecule has 0 aliphatic heterocycles. The van der Waals surface area contributed by atoms with Gasteiger partial charge in [-0.15, -0.1) is 11.3 Å². The van der Waals surface area contributed by atoms with Crippen molar-refractivity contribution in [2.75, 3.05) is 0 Å². The molecule has 2 atom stereocenters. The first kappa shape index (κ1) is 12.5. The highest BCUT2D eigenvalue weighted by molar-refractivity contribution is 7.10. The Morgan fingerprint density at radius 2 is 2.24 bits per heavy atom. The van der Waals surface area contributed by atoms with E-state index in [-0.39, 0.29) is 12.1 Å². The SMILES string of the molecule is O=C(O)c1csc(CNC2CCCCC2O)c1.